The smallest absolute Gasteiger partial charge is 0.156 e. The van der Waals surface area contributed by atoms with Crippen molar-refractivity contribution in [3.63, 3.8) is 0 Å². The zero-order valence-corrected chi connectivity index (χ0v) is 16.4. The number of rotatable bonds is 9. The van der Waals surface area contributed by atoms with Crippen molar-refractivity contribution in [2.75, 3.05) is 32.9 Å². The van der Waals surface area contributed by atoms with E-state index in [0.29, 0.717) is 13.2 Å². The molecule has 2 unspecified atom stereocenters. The van der Waals surface area contributed by atoms with Crippen LogP contribution in [0.5, 0.6) is 0 Å². The van der Waals surface area contributed by atoms with Crippen molar-refractivity contribution in [3.8, 4) is 0 Å². The van der Waals surface area contributed by atoms with Gasteiger partial charge in [-0.1, -0.05) is 30.7 Å². The molecule has 3 rings (SSSR count). The van der Waals surface area contributed by atoms with E-state index in [1.165, 1.54) is 12.0 Å². The highest BCUT2D eigenvalue weighted by atomic mass is 16.5. The lowest BCUT2D eigenvalue weighted by Crippen LogP contribution is -2.50. The average molecular weight is 376 g/mol. The molecule has 0 aromatic heterocycles. The van der Waals surface area contributed by atoms with Crippen molar-refractivity contribution < 1.29 is 19.3 Å². The summed E-state index contributed by atoms with van der Waals surface area (Å²) in [7, 11) is 0. The maximum absolute atomic E-state index is 9.05. The van der Waals surface area contributed by atoms with Gasteiger partial charge >= 0.3 is 0 Å². The Bertz CT molecular complexity index is 595. The number of hydrogen-bond donors (Lipinski definition) is 1. The maximum atomic E-state index is 9.05. The van der Waals surface area contributed by atoms with Crippen LogP contribution in [0.25, 0.3) is 0 Å². The molecule has 2 aliphatic heterocycles. The van der Waals surface area contributed by atoms with Crippen molar-refractivity contribution >= 4 is 0 Å². The Kier molecular flexibility index (Phi) is 7.56. The summed E-state index contributed by atoms with van der Waals surface area (Å²) in [6.45, 7) is 5.48. The first-order valence-corrected chi connectivity index (χ1v) is 10.2. The van der Waals surface area contributed by atoms with Crippen LogP contribution in [-0.2, 0) is 14.2 Å². The number of aliphatic hydroxyl groups excluding tert-OH is 1. The van der Waals surface area contributed by atoms with Gasteiger partial charge in [0.15, 0.2) is 5.76 Å². The zero-order chi connectivity index (χ0) is 19.0. The third-order valence-electron chi connectivity index (χ3n) is 5.93. The minimum atomic E-state index is 0.0816. The van der Waals surface area contributed by atoms with Gasteiger partial charge in [0.25, 0.3) is 0 Å². The lowest BCUT2D eigenvalue weighted by atomic mass is 9.77. The van der Waals surface area contributed by atoms with E-state index in [0.717, 1.165) is 51.0 Å². The molecule has 0 amide bonds. The van der Waals surface area contributed by atoms with E-state index < -0.39 is 0 Å². The van der Waals surface area contributed by atoms with Crippen LogP contribution in [0.4, 0.5) is 0 Å². The van der Waals surface area contributed by atoms with E-state index >= 15 is 0 Å². The Morgan fingerprint density at radius 3 is 3.00 bits per heavy atom. The first-order chi connectivity index (χ1) is 13.3. The van der Waals surface area contributed by atoms with E-state index in [9.17, 15) is 0 Å². The molecule has 0 bridgehead atoms. The number of likely N-dealkylation sites (tertiary alicyclic amines) is 1. The first-order valence-electron chi connectivity index (χ1n) is 10.2. The van der Waals surface area contributed by atoms with Gasteiger partial charge in [-0.05, 0) is 45.1 Å². The van der Waals surface area contributed by atoms with E-state index in [1.807, 2.05) is 0 Å². The van der Waals surface area contributed by atoms with Gasteiger partial charge in [0.05, 0.1) is 25.9 Å². The third kappa shape index (κ3) is 5.47. The lowest BCUT2D eigenvalue weighted by Gasteiger charge is -2.45. The van der Waals surface area contributed by atoms with E-state index in [1.54, 1.807) is 18.8 Å². The van der Waals surface area contributed by atoms with E-state index in [4.69, 9.17) is 19.3 Å². The number of nitrogens with zero attached hydrogens (tertiary/aromatic N) is 1. The van der Waals surface area contributed by atoms with Crippen LogP contribution < -0.4 is 0 Å². The van der Waals surface area contributed by atoms with Crippen LogP contribution in [0.15, 0.2) is 48.3 Å². The predicted molar refractivity (Wildman–Crippen MR) is 106 cm³/mol. The minimum Gasteiger partial charge on any atom is -0.466 e. The minimum absolute atomic E-state index is 0.0816. The summed E-state index contributed by atoms with van der Waals surface area (Å²) >= 11 is 0. The summed E-state index contributed by atoms with van der Waals surface area (Å²) in [5.74, 6) is 0.885. The van der Waals surface area contributed by atoms with Crippen LogP contribution in [0.1, 0.15) is 45.4 Å². The van der Waals surface area contributed by atoms with Gasteiger partial charge in [-0.2, -0.15) is 0 Å². The van der Waals surface area contributed by atoms with Crippen LogP contribution in [0, 0.1) is 5.41 Å². The van der Waals surface area contributed by atoms with Gasteiger partial charge in [-0.25, -0.2) is 0 Å². The molecule has 1 fully saturated rings. The molecule has 1 aliphatic carbocycles. The van der Waals surface area contributed by atoms with E-state index in [-0.39, 0.29) is 18.1 Å². The molecule has 0 aromatic rings. The Labute approximate surface area is 163 Å². The van der Waals surface area contributed by atoms with Crippen molar-refractivity contribution in [1.82, 2.24) is 4.90 Å². The maximum Gasteiger partial charge on any atom is 0.156 e. The van der Waals surface area contributed by atoms with Crippen LogP contribution in [-0.4, -0.2) is 49.0 Å². The second-order valence-electron chi connectivity index (χ2n) is 7.76. The SMILES string of the molecule is CCC1(COCCO)CCCN(C(CC2=CC=CCC2)C2=COC=CO2)C1. The number of ether oxygens (including phenoxy) is 3. The molecular formula is C22H33NO4. The molecule has 5 nitrogen and oxygen atoms in total. The van der Waals surface area contributed by atoms with Gasteiger partial charge in [0.2, 0.25) is 0 Å². The van der Waals surface area contributed by atoms with Crippen LogP contribution in [0.2, 0.25) is 0 Å². The third-order valence-corrected chi connectivity index (χ3v) is 5.93. The topological polar surface area (TPSA) is 51.2 Å². The average Bonchev–Trinajstić information content (AvgIpc) is 2.74. The van der Waals surface area contributed by atoms with E-state index in [2.05, 4.69) is 30.1 Å². The number of allylic oxidation sites excluding steroid dienone is 3. The molecule has 0 aromatic carbocycles. The largest absolute Gasteiger partial charge is 0.466 e. The molecule has 0 radical (unpaired) electrons. The van der Waals surface area contributed by atoms with Gasteiger partial charge in [-0.15, -0.1) is 0 Å². The zero-order valence-electron chi connectivity index (χ0n) is 16.4. The van der Waals surface area contributed by atoms with Crippen molar-refractivity contribution in [2.24, 2.45) is 5.41 Å². The molecule has 5 heteroatoms. The van der Waals surface area contributed by atoms with Gasteiger partial charge in [0, 0.05) is 12.0 Å². The normalized spacial score (nSPS) is 26.7. The summed E-state index contributed by atoms with van der Waals surface area (Å²) in [5, 5.41) is 9.05. The molecule has 0 spiro atoms. The standard InChI is InChI=1S/C22H33NO4/c1-2-22(18-26-12-11-24)9-6-10-23(17-22)20(21-16-25-13-14-27-21)15-19-7-4-3-5-8-19/h3-4,7,13-14,16,20,24H,2,5-6,8-12,15,17-18H2,1H3. The van der Waals surface area contributed by atoms with Crippen LogP contribution >= 0.6 is 0 Å². The molecule has 3 aliphatic rings. The van der Waals surface area contributed by atoms with Crippen LogP contribution in [0.3, 0.4) is 0 Å². The predicted octanol–water partition coefficient (Wildman–Crippen LogP) is 3.88. The molecule has 1 saturated heterocycles. The molecule has 2 atom stereocenters. The van der Waals surface area contributed by atoms with Gasteiger partial charge in [-0.3, -0.25) is 4.90 Å². The van der Waals surface area contributed by atoms with Crippen molar-refractivity contribution in [2.45, 2.75) is 51.5 Å². The Hall–Kier alpha value is -1.56. The van der Waals surface area contributed by atoms with Crippen molar-refractivity contribution in [3.05, 3.63) is 48.3 Å². The fourth-order valence-electron chi connectivity index (χ4n) is 4.28. The highest BCUT2D eigenvalue weighted by Crippen LogP contribution is 2.37. The molecular weight excluding hydrogens is 342 g/mol. The fourth-order valence-corrected chi connectivity index (χ4v) is 4.28. The second-order valence-corrected chi connectivity index (χ2v) is 7.76. The number of aliphatic hydroxyl groups is 1. The van der Waals surface area contributed by atoms with Gasteiger partial charge in [0.1, 0.15) is 18.8 Å². The van der Waals surface area contributed by atoms with Gasteiger partial charge < -0.3 is 19.3 Å². The molecule has 0 saturated carbocycles. The summed E-state index contributed by atoms with van der Waals surface area (Å²) < 4.78 is 17.0. The first kappa shape index (κ1) is 20.2. The molecule has 2 heterocycles. The Morgan fingerprint density at radius 2 is 2.30 bits per heavy atom. The summed E-state index contributed by atoms with van der Waals surface area (Å²) in [6.07, 6.45) is 18.2. The molecule has 150 valence electrons. The number of hydrogen-bond acceptors (Lipinski definition) is 5. The summed E-state index contributed by atoms with van der Waals surface area (Å²) in [4.78, 5) is 2.54. The molecule has 27 heavy (non-hydrogen) atoms. The quantitative estimate of drug-likeness (QED) is 0.620. The Balaban J connectivity index is 1.74. The second kappa shape index (κ2) is 10.1. The highest BCUT2D eigenvalue weighted by molar-refractivity contribution is 5.21. The van der Waals surface area contributed by atoms with Crippen molar-refractivity contribution in [1.29, 1.82) is 0 Å². The number of piperidine rings is 1. The summed E-state index contributed by atoms with van der Waals surface area (Å²) in [6, 6.07) is 0.178. The fraction of sp³-hybridized carbons (Fsp3) is 0.636. The lowest BCUT2D eigenvalue weighted by molar-refractivity contribution is -0.0308. The Morgan fingerprint density at radius 1 is 1.37 bits per heavy atom. The summed E-state index contributed by atoms with van der Waals surface area (Å²) in [5.41, 5.74) is 1.60. The monoisotopic (exact) mass is 375 g/mol. The molecule has 1 N–H and O–H groups in total. The highest BCUT2D eigenvalue weighted by Gasteiger charge is 2.38.